The van der Waals surface area contributed by atoms with Gasteiger partial charge in [-0.15, -0.1) is 0 Å². The predicted octanol–water partition coefficient (Wildman–Crippen LogP) is 3.10. The van der Waals surface area contributed by atoms with Crippen LogP contribution in [0.1, 0.15) is 6.42 Å². The molecule has 25 heavy (non-hydrogen) atoms. The Labute approximate surface area is 150 Å². The van der Waals surface area contributed by atoms with Crippen molar-refractivity contribution in [1.29, 1.82) is 0 Å². The molecule has 1 fully saturated rings. The third-order valence-corrected chi connectivity index (χ3v) is 4.27. The Hall–Kier alpha value is -2.73. The van der Waals surface area contributed by atoms with Crippen LogP contribution in [0.2, 0.25) is 5.02 Å². The molecular formula is C18H17ClN2O4. The number of rotatable bonds is 5. The maximum atomic E-state index is 12.7. The molecule has 0 saturated carbocycles. The summed E-state index contributed by atoms with van der Waals surface area (Å²) in [5.41, 5.74) is 1.08. The lowest BCUT2D eigenvalue weighted by Crippen LogP contribution is -2.34. The van der Waals surface area contributed by atoms with Crippen molar-refractivity contribution >= 4 is 34.8 Å². The second-order valence-electron chi connectivity index (χ2n) is 5.49. The monoisotopic (exact) mass is 360 g/mol. The number of carbonyl (C=O) groups is 2. The standard InChI is InChI=1S/C18H17ClN2O4/c1-24-15-8-7-11(9-12(15)19)21-17(22)10-14(18(21)23)20-13-5-3-4-6-16(13)25-2/h3-9,14,20H,10H2,1-2H3/t14-/m1/s1. The Kier molecular flexibility index (Phi) is 4.81. The van der Waals surface area contributed by atoms with Crippen LogP contribution in [-0.2, 0) is 9.59 Å². The third kappa shape index (κ3) is 3.25. The smallest absolute Gasteiger partial charge is 0.256 e. The molecule has 1 aliphatic heterocycles. The van der Waals surface area contributed by atoms with Crippen LogP contribution in [0.4, 0.5) is 11.4 Å². The fourth-order valence-electron chi connectivity index (χ4n) is 2.76. The number of carbonyl (C=O) groups excluding carboxylic acids is 2. The zero-order valence-corrected chi connectivity index (χ0v) is 14.5. The van der Waals surface area contributed by atoms with E-state index in [-0.39, 0.29) is 18.2 Å². The van der Waals surface area contributed by atoms with Gasteiger partial charge in [0, 0.05) is 0 Å². The summed E-state index contributed by atoms with van der Waals surface area (Å²) in [6, 6.07) is 11.4. The minimum atomic E-state index is -0.662. The van der Waals surface area contributed by atoms with Crippen molar-refractivity contribution in [2.45, 2.75) is 12.5 Å². The van der Waals surface area contributed by atoms with E-state index in [1.54, 1.807) is 37.4 Å². The highest BCUT2D eigenvalue weighted by Gasteiger charge is 2.40. The minimum absolute atomic E-state index is 0.0561. The molecule has 6 nitrogen and oxygen atoms in total. The van der Waals surface area contributed by atoms with Crippen LogP contribution in [-0.4, -0.2) is 32.1 Å². The lowest BCUT2D eigenvalue weighted by Gasteiger charge is -2.18. The average molecular weight is 361 g/mol. The Morgan fingerprint density at radius 2 is 1.80 bits per heavy atom. The van der Waals surface area contributed by atoms with Gasteiger partial charge >= 0.3 is 0 Å². The molecule has 0 unspecified atom stereocenters. The molecule has 0 bridgehead atoms. The van der Waals surface area contributed by atoms with Gasteiger partial charge in [0.15, 0.2) is 0 Å². The van der Waals surface area contributed by atoms with E-state index in [2.05, 4.69) is 5.32 Å². The fourth-order valence-corrected chi connectivity index (χ4v) is 3.01. The highest BCUT2D eigenvalue weighted by atomic mass is 35.5. The van der Waals surface area contributed by atoms with Crippen molar-refractivity contribution in [1.82, 2.24) is 0 Å². The van der Waals surface area contributed by atoms with E-state index in [9.17, 15) is 9.59 Å². The Bertz CT molecular complexity index is 824. The SMILES string of the molecule is COc1ccc(N2C(=O)C[C@@H](Nc3ccccc3OC)C2=O)cc1Cl. The molecule has 0 aliphatic carbocycles. The van der Waals surface area contributed by atoms with Crippen LogP contribution in [0.25, 0.3) is 0 Å². The van der Waals surface area contributed by atoms with E-state index in [4.69, 9.17) is 21.1 Å². The summed E-state index contributed by atoms with van der Waals surface area (Å²) in [4.78, 5) is 26.2. The average Bonchev–Trinajstić information content (AvgIpc) is 2.89. The first kappa shape index (κ1) is 17.1. The number of hydrogen-bond donors (Lipinski definition) is 1. The quantitative estimate of drug-likeness (QED) is 0.830. The van der Waals surface area contributed by atoms with Crippen LogP contribution >= 0.6 is 11.6 Å². The molecule has 0 aromatic heterocycles. The summed E-state index contributed by atoms with van der Waals surface area (Å²) >= 11 is 6.10. The number of halogens is 1. The molecular weight excluding hydrogens is 344 g/mol. The molecule has 0 radical (unpaired) electrons. The van der Waals surface area contributed by atoms with Gasteiger partial charge in [0.2, 0.25) is 5.91 Å². The first-order valence-corrected chi connectivity index (χ1v) is 8.03. The van der Waals surface area contributed by atoms with Crippen LogP contribution in [0.15, 0.2) is 42.5 Å². The largest absolute Gasteiger partial charge is 0.495 e. The Morgan fingerprint density at radius 3 is 2.48 bits per heavy atom. The summed E-state index contributed by atoms with van der Waals surface area (Å²) in [5.74, 6) is 0.456. The van der Waals surface area contributed by atoms with Crippen molar-refractivity contribution < 1.29 is 19.1 Å². The molecule has 1 saturated heterocycles. The van der Waals surface area contributed by atoms with Gasteiger partial charge in [-0.3, -0.25) is 9.59 Å². The lowest BCUT2D eigenvalue weighted by atomic mass is 10.2. The van der Waals surface area contributed by atoms with Crippen LogP contribution < -0.4 is 19.7 Å². The fraction of sp³-hybridized carbons (Fsp3) is 0.222. The highest BCUT2D eigenvalue weighted by Crippen LogP contribution is 2.33. The third-order valence-electron chi connectivity index (χ3n) is 3.98. The Balaban J connectivity index is 1.84. The number of nitrogens with zero attached hydrogens (tertiary/aromatic N) is 1. The van der Waals surface area contributed by atoms with E-state index in [1.165, 1.54) is 7.11 Å². The molecule has 2 aromatic carbocycles. The van der Waals surface area contributed by atoms with Gasteiger partial charge in [-0.1, -0.05) is 23.7 Å². The Morgan fingerprint density at radius 1 is 1.08 bits per heavy atom. The molecule has 130 valence electrons. The normalized spacial score (nSPS) is 16.9. The van der Waals surface area contributed by atoms with Gasteiger partial charge in [0.1, 0.15) is 17.5 Å². The maximum Gasteiger partial charge on any atom is 0.256 e. The number of para-hydroxylation sites is 2. The zero-order chi connectivity index (χ0) is 18.0. The maximum absolute atomic E-state index is 12.7. The second kappa shape index (κ2) is 7.03. The topological polar surface area (TPSA) is 67.9 Å². The number of nitrogens with one attached hydrogen (secondary N) is 1. The molecule has 0 spiro atoms. The lowest BCUT2D eigenvalue weighted by molar-refractivity contribution is -0.121. The van der Waals surface area contributed by atoms with E-state index >= 15 is 0 Å². The summed E-state index contributed by atoms with van der Waals surface area (Å²) in [6.45, 7) is 0. The minimum Gasteiger partial charge on any atom is -0.495 e. The van der Waals surface area contributed by atoms with E-state index < -0.39 is 6.04 Å². The molecule has 2 amide bonds. The number of hydrogen-bond acceptors (Lipinski definition) is 5. The number of ether oxygens (including phenoxy) is 2. The van der Waals surface area contributed by atoms with Gasteiger partial charge in [-0.2, -0.15) is 0 Å². The second-order valence-corrected chi connectivity index (χ2v) is 5.89. The number of anilines is 2. The van der Waals surface area contributed by atoms with Crippen LogP contribution in [0.5, 0.6) is 11.5 Å². The first-order valence-electron chi connectivity index (χ1n) is 7.65. The number of imide groups is 1. The van der Waals surface area contributed by atoms with Crippen LogP contribution in [0.3, 0.4) is 0 Å². The van der Waals surface area contributed by atoms with E-state index in [1.807, 2.05) is 12.1 Å². The molecule has 2 aromatic rings. The first-order chi connectivity index (χ1) is 12.0. The van der Waals surface area contributed by atoms with Crippen LogP contribution in [0, 0.1) is 0 Å². The zero-order valence-electron chi connectivity index (χ0n) is 13.8. The van der Waals surface area contributed by atoms with Crippen molar-refractivity contribution in [3.05, 3.63) is 47.5 Å². The van der Waals surface area contributed by atoms with Gasteiger partial charge < -0.3 is 14.8 Å². The van der Waals surface area contributed by atoms with Gasteiger partial charge in [0.05, 0.1) is 37.0 Å². The van der Waals surface area contributed by atoms with Gasteiger partial charge in [-0.25, -0.2) is 4.90 Å². The number of methoxy groups -OCH3 is 2. The van der Waals surface area contributed by atoms with Crippen molar-refractivity contribution in [3.63, 3.8) is 0 Å². The molecule has 1 N–H and O–H groups in total. The number of amides is 2. The summed E-state index contributed by atoms with van der Waals surface area (Å²) in [6.07, 6.45) is 0.0561. The molecule has 1 heterocycles. The van der Waals surface area contributed by atoms with Crippen molar-refractivity contribution in [2.75, 3.05) is 24.4 Å². The van der Waals surface area contributed by atoms with Gasteiger partial charge in [-0.05, 0) is 30.3 Å². The summed E-state index contributed by atoms with van der Waals surface area (Å²) < 4.78 is 10.4. The highest BCUT2D eigenvalue weighted by molar-refractivity contribution is 6.33. The number of benzene rings is 2. The molecule has 1 aliphatic rings. The van der Waals surface area contributed by atoms with Gasteiger partial charge in [0.25, 0.3) is 5.91 Å². The molecule has 3 rings (SSSR count). The summed E-state index contributed by atoms with van der Waals surface area (Å²) in [5, 5.41) is 3.42. The molecule has 7 heteroatoms. The summed E-state index contributed by atoms with van der Waals surface area (Å²) in [7, 11) is 3.05. The van der Waals surface area contributed by atoms with Crippen molar-refractivity contribution in [3.8, 4) is 11.5 Å². The van der Waals surface area contributed by atoms with E-state index in [0.717, 1.165) is 4.90 Å². The van der Waals surface area contributed by atoms with Crippen molar-refractivity contribution in [2.24, 2.45) is 0 Å². The predicted molar refractivity (Wildman–Crippen MR) is 95.5 cm³/mol. The molecule has 1 atom stereocenters. The van der Waals surface area contributed by atoms with E-state index in [0.29, 0.717) is 27.9 Å².